The third kappa shape index (κ3) is 5.07. The Balaban J connectivity index is 1.33. The lowest BCUT2D eigenvalue weighted by molar-refractivity contribution is -0.898. The van der Waals surface area contributed by atoms with Gasteiger partial charge in [0.15, 0.2) is 6.54 Å². The van der Waals surface area contributed by atoms with E-state index in [2.05, 4.69) is 16.1 Å². The molecule has 8 heteroatoms. The monoisotopic (exact) mass is 418 g/mol. The van der Waals surface area contributed by atoms with Crippen molar-refractivity contribution in [2.24, 2.45) is 0 Å². The number of fused-ring (bicyclic) bond motifs is 1. The fraction of sp³-hybridized carbons (Fsp3) is 0.333. The van der Waals surface area contributed by atoms with E-state index < -0.39 is 6.61 Å². The molecule has 1 aliphatic heterocycles. The third-order valence-electron chi connectivity index (χ3n) is 5.05. The predicted molar refractivity (Wildman–Crippen MR) is 109 cm³/mol. The number of para-hydroxylation sites is 1. The van der Waals surface area contributed by atoms with Crippen LogP contribution in [-0.2, 0) is 4.79 Å². The van der Waals surface area contributed by atoms with Crippen molar-refractivity contribution in [1.29, 1.82) is 0 Å². The van der Waals surface area contributed by atoms with Gasteiger partial charge in [-0.3, -0.25) is 4.79 Å². The maximum Gasteiger partial charge on any atom is 0.387 e. The fourth-order valence-electron chi connectivity index (χ4n) is 3.74. The van der Waals surface area contributed by atoms with Gasteiger partial charge >= 0.3 is 6.61 Å². The molecule has 2 N–H and O–H groups in total. The van der Waals surface area contributed by atoms with E-state index in [1.807, 2.05) is 18.2 Å². The minimum Gasteiger partial charge on any atom is -0.435 e. The molecule has 2 atom stereocenters. The van der Waals surface area contributed by atoms with Crippen LogP contribution in [0.1, 0.15) is 23.8 Å². The number of aromatic nitrogens is 1. The number of nitrogens with one attached hydrogen (secondary N) is 2. The fourth-order valence-corrected chi connectivity index (χ4v) is 4.84. The molecule has 0 aliphatic carbocycles. The topological polar surface area (TPSA) is 55.7 Å². The molecular weight excluding hydrogens is 396 g/mol. The molecule has 1 amide bonds. The molecule has 1 saturated heterocycles. The van der Waals surface area contributed by atoms with Crippen molar-refractivity contribution in [3.63, 3.8) is 0 Å². The maximum atomic E-state index is 12.4. The summed E-state index contributed by atoms with van der Waals surface area (Å²) in [5, 5.41) is 3.98. The highest BCUT2D eigenvalue weighted by Gasteiger charge is 2.28. The summed E-state index contributed by atoms with van der Waals surface area (Å²) in [5.74, 6) is 0.348. The lowest BCUT2D eigenvalue weighted by Gasteiger charge is -2.28. The van der Waals surface area contributed by atoms with Crippen LogP contribution >= 0.6 is 11.3 Å². The van der Waals surface area contributed by atoms with Crippen LogP contribution in [0.2, 0.25) is 0 Å². The zero-order valence-electron chi connectivity index (χ0n) is 15.7. The first-order chi connectivity index (χ1) is 14.1. The van der Waals surface area contributed by atoms with Crippen molar-refractivity contribution in [2.75, 3.05) is 25.0 Å². The number of ether oxygens (including phenoxy) is 1. The molecular formula is C21H22F2N3O2S+. The number of hydrogen-bond donors (Lipinski definition) is 2. The number of halogens is 2. The highest BCUT2D eigenvalue weighted by atomic mass is 32.1. The molecule has 4 rings (SSSR count). The summed E-state index contributed by atoms with van der Waals surface area (Å²) in [5.41, 5.74) is 1.60. The van der Waals surface area contributed by atoms with E-state index >= 15 is 0 Å². The number of anilines is 1. The number of alkyl halides is 2. The number of quaternary nitrogens is 1. The Bertz CT molecular complexity index is 944. The average Bonchev–Trinajstić information content (AvgIpc) is 3.14. The summed E-state index contributed by atoms with van der Waals surface area (Å²) < 4.78 is 29.9. The van der Waals surface area contributed by atoms with Gasteiger partial charge in [0, 0.05) is 5.69 Å². The number of rotatable bonds is 6. The summed E-state index contributed by atoms with van der Waals surface area (Å²) in [7, 11) is 0. The normalized spacial score (nSPS) is 19.4. The molecule has 0 saturated carbocycles. The smallest absolute Gasteiger partial charge is 0.387 e. The molecule has 0 bridgehead atoms. The van der Waals surface area contributed by atoms with Crippen LogP contribution in [0.5, 0.6) is 5.75 Å². The number of amides is 1. The minimum absolute atomic E-state index is 0.0679. The largest absolute Gasteiger partial charge is 0.435 e. The van der Waals surface area contributed by atoms with E-state index in [9.17, 15) is 13.6 Å². The van der Waals surface area contributed by atoms with Gasteiger partial charge in [-0.1, -0.05) is 12.1 Å². The predicted octanol–water partition coefficient (Wildman–Crippen LogP) is 3.30. The van der Waals surface area contributed by atoms with Gasteiger partial charge in [-0.05, 0) is 49.2 Å². The van der Waals surface area contributed by atoms with E-state index in [1.165, 1.54) is 21.7 Å². The molecule has 0 spiro atoms. The zero-order chi connectivity index (χ0) is 20.2. The Kier molecular flexibility index (Phi) is 6.01. The van der Waals surface area contributed by atoms with Gasteiger partial charge in [-0.15, -0.1) is 11.3 Å². The number of carbonyl (C=O) groups excluding carboxylic acids is 1. The molecule has 152 valence electrons. The van der Waals surface area contributed by atoms with Crippen LogP contribution in [0.3, 0.4) is 0 Å². The lowest BCUT2D eigenvalue weighted by Crippen LogP contribution is -3.14. The zero-order valence-corrected chi connectivity index (χ0v) is 16.6. The Labute approximate surface area is 171 Å². The highest BCUT2D eigenvalue weighted by Crippen LogP contribution is 2.30. The molecule has 2 heterocycles. The number of piperidine rings is 1. The highest BCUT2D eigenvalue weighted by molar-refractivity contribution is 7.18. The molecule has 5 nitrogen and oxygen atoms in total. The molecule has 1 aliphatic rings. The Morgan fingerprint density at radius 1 is 1.24 bits per heavy atom. The van der Waals surface area contributed by atoms with Crippen LogP contribution in [0.25, 0.3) is 10.2 Å². The van der Waals surface area contributed by atoms with E-state index in [0.717, 1.165) is 36.5 Å². The van der Waals surface area contributed by atoms with E-state index in [0.29, 0.717) is 18.2 Å². The van der Waals surface area contributed by atoms with Gasteiger partial charge in [0.05, 0.1) is 29.2 Å². The second-order valence-electron chi connectivity index (χ2n) is 7.19. The molecule has 3 aromatic rings. The Morgan fingerprint density at radius 3 is 2.79 bits per heavy atom. The number of hydrogen-bond acceptors (Lipinski definition) is 4. The van der Waals surface area contributed by atoms with E-state index in [1.54, 1.807) is 23.5 Å². The summed E-state index contributed by atoms with van der Waals surface area (Å²) in [6.07, 6.45) is 2.15. The molecule has 1 unspecified atom stereocenters. The van der Waals surface area contributed by atoms with Gasteiger partial charge in [0.25, 0.3) is 5.91 Å². The minimum atomic E-state index is -2.86. The Morgan fingerprint density at radius 2 is 2.03 bits per heavy atom. The number of thiazole rings is 1. The number of carbonyl (C=O) groups is 1. The summed E-state index contributed by atoms with van der Waals surface area (Å²) >= 11 is 1.74. The van der Waals surface area contributed by atoms with Crippen molar-refractivity contribution in [3.05, 3.63) is 53.5 Å². The standard InChI is InChI=1S/C21H21F2N3O2S/c22-21(23)28-16-9-7-15(8-10-16)24-19(27)13-26-11-3-4-14(12-26)20-25-17-5-1-2-6-18(17)29-20/h1-2,5-10,14,21H,3-4,11-13H2,(H,24,27)/p+1/t14-/m0/s1. The molecule has 1 aromatic heterocycles. The summed E-state index contributed by atoms with van der Waals surface area (Å²) in [4.78, 5) is 18.4. The second-order valence-corrected chi connectivity index (χ2v) is 8.25. The molecule has 0 radical (unpaired) electrons. The maximum absolute atomic E-state index is 12.4. The van der Waals surface area contributed by atoms with Crippen molar-refractivity contribution in [2.45, 2.75) is 25.4 Å². The summed E-state index contributed by atoms with van der Waals surface area (Å²) in [6, 6.07) is 14.1. The van der Waals surface area contributed by atoms with Gasteiger partial charge in [0.2, 0.25) is 0 Å². The van der Waals surface area contributed by atoms with Crippen LogP contribution in [-0.4, -0.2) is 37.1 Å². The number of nitrogens with zero attached hydrogens (tertiary/aromatic N) is 1. The van der Waals surface area contributed by atoms with Gasteiger partial charge in [0.1, 0.15) is 10.8 Å². The van der Waals surface area contributed by atoms with Gasteiger partial charge in [-0.25, -0.2) is 4.98 Å². The first kappa shape index (κ1) is 19.7. The first-order valence-electron chi connectivity index (χ1n) is 9.60. The first-order valence-corrected chi connectivity index (χ1v) is 10.4. The van der Waals surface area contributed by atoms with E-state index in [4.69, 9.17) is 4.98 Å². The molecule has 29 heavy (non-hydrogen) atoms. The summed E-state index contributed by atoms with van der Waals surface area (Å²) in [6.45, 7) is -0.650. The quantitative estimate of drug-likeness (QED) is 0.646. The molecule has 1 fully saturated rings. The lowest BCUT2D eigenvalue weighted by atomic mass is 9.99. The SMILES string of the molecule is O=C(C[NH+]1CCC[C@H](c2nc3ccccc3s2)C1)Nc1ccc(OC(F)F)cc1. The van der Waals surface area contributed by atoms with Crippen molar-refractivity contribution in [1.82, 2.24) is 4.98 Å². The van der Waals surface area contributed by atoms with Gasteiger partial charge in [-0.2, -0.15) is 8.78 Å². The second kappa shape index (κ2) is 8.84. The Hall–Kier alpha value is -2.58. The number of likely N-dealkylation sites (tertiary alicyclic amines) is 1. The van der Waals surface area contributed by atoms with Crippen LogP contribution in [0, 0.1) is 0 Å². The van der Waals surface area contributed by atoms with Crippen LogP contribution in [0.4, 0.5) is 14.5 Å². The van der Waals surface area contributed by atoms with Crippen molar-refractivity contribution >= 4 is 33.1 Å². The number of benzene rings is 2. The van der Waals surface area contributed by atoms with Crippen molar-refractivity contribution < 1.29 is 23.2 Å². The van der Waals surface area contributed by atoms with Crippen molar-refractivity contribution in [3.8, 4) is 5.75 Å². The van der Waals surface area contributed by atoms with Crippen LogP contribution < -0.4 is 15.0 Å². The average molecular weight is 418 g/mol. The van der Waals surface area contributed by atoms with E-state index in [-0.39, 0.29) is 11.7 Å². The third-order valence-corrected chi connectivity index (χ3v) is 6.25. The molecule has 2 aromatic carbocycles. The van der Waals surface area contributed by atoms with Crippen LogP contribution in [0.15, 0.2) is 48.5 Å². The van der Waals surface area contributed by atoms with Gasteiger partial charge < -0.3 is 15.0 Å².